The molecule has 0 aliphatic carbocycles. The van der Waals surface area contributed by atoms with Crippen LogP contribution in [0.25, 0.3) is 0 Å². The van der Waals surface area contributed by atoms with Crippen molar-refractivity contribution in [2.24, 2.45) is 0 Å². The Balaban J connectivity index is 2.34. The molecule has 3 nitrogen and oxygen atoms in total. The van der Waals surface area contributed by atoms with Gasteiger partial charge in [-0.3, -0.25) is 4.79 Å². The van der Waals surface area contributed by atoms with Crippen molar-refractivity contribution < 1.29 is 9.53 Å². The predicted molar refractivity (Wildman–Crippen MR) is 86.9 cm³/mol. The van der Waals surface area contributed by atoms with Gasteiger partial charge in [0, 0.05) is 18.2 Å². The van der Waals surface area contributed by atoms with Crippen molar-refractivity contribution in [1.82, 2.24) is 0 Å². The number of carbonyl (C=O) groups is 1. The first kappa shape index (κ1) is 15.9. The van der Waals surface area contributed by atoms with E-state index in [-0.39, 0.29) is 17.6 Å². The van der Waals surface area contributed by atoms with Gasteiger partial charge in [-0.25, -0.2) is 0 Å². The van der Waals surface area contributed by atoms with Gasteiger partial charge in [0.25, 0.3) is 0 Å². The summed E-state index contributed by atoms with van der Waals surface area (Å²) in [5.41, 5.74) is 4.05. The Kier molecular flexibility index (Phi) is 4.31. The molecule has 0 radical (unpaired) electrons. The van der Waals surface area contributed by atoms with Crippen molar-refractivity contribution >= 4 is 11.7 Å². The van der Waals surface area contributed by atoms with Crippen molar-refractivity contribution in [3.05, 3.63) is 29.3 Å². The third-order valence-corrected chi connectivity index (χ3v) is 4.35. The van der Waals surface area contributed by atoms with E-state index in [4.69, 9.17) is 4.74 Å². The normalized spacial score (nSPS) is 21.6. The fourth-order valence-electron chi connectivity index (χ4n) is 3.53. The minimum atomic E-state index is -0.213. The standard InChI is InChI=1S/C18H27NO2/c1-12-7-8-17-16(9-12)13(2)10-18(5,6)19(17)11-14(3)21-15(4)20/h7-9,13-14H,10-11H2,1-6H3. The first-order valence-electron chi connectivity index (χ1n) is 7.76. The summed E-state index contributed by atoms with van der Waals surface area (Å²) in [5.74, 6) is 0.338. The summed E-state index contributed by atoms with van der Waals surface area (Å²) >= 11 is 0. The number of hydrogen-bond donors (Lipinski definition) is 0. The number of benzene rings is 1. The molecule has 1 heterocycles. The van der Waals surface area contributed by atoms with E-state index in [0.717, 1.165) is 13.0 Å². The van der Waals surface area contributed by atoms with Crippen LogP contribution in [0.5, 0.6) is 0 Å². The second-order valence-corrected chi connectivity index (χ2v) is 7.01. The summed E-state index contributed by atoms with van der Waals surface area (Å²) in [6, 6.07) is 6.66. The predicted octanol–water partition coefficient (Wildman–Crippen LogP) is 4.04. The van der Waals surface area contributed by atoms with Crippen LogP contribution in [0.3, 0.4) is 0 Å². The Bertz CT molecular complexity index is 536. The summed E-state index contributed by atoms with van der Waals surface area (Å²) < 4.78 is 5.33. The highest BCUT2D eigenvalue weighted by atomic mass is 16.5. The van der Waals surface area contributed by atoms with Crippen LogP contribution in [0.2, 0.25) is 0 Å². The minimum Gasteiger partial charge on any atom is -0.461 e. The second-order valence-electron chi connectivity index (χ2n) is 7.01. The van der Waals surface area contributed by atoms with E-state index in [0.29, 0.717) is 5.92 Å². The van der Waals surface area contributed by atoms with Gasteiger partial charge in [0.1, 0.15) is 6.10 Å². The van der Waals surface area contributed by atoms with Crippen LogP contribution >= 0.6 is 0 Å². The molecule has 2 atom stereocenters. The molecule has 1 aromatic carbocycles. The van der Waals surface area contributed by atoms with E-state index in [9.17, 15) is 4.79 Å². The van der Waals surface area contributed by atoms with Gasteiger partial charge >= 0.3 is 5.97 Å². The van der Waals surface area contributed by atoms with Gasteiger partial charge in [-0.1, -0.05) is 24.6 Å². The SMILES string of the molecule is CC(=O)OC(C)CN1c2ccc(C)cc2C(C)CC1(C)C. The molecule has 0 saturated carbocycles. The van der Waals surface area contributed by atoms with E-state index in [1.807, 2.05) is 6.92 Å². The lowest BCUT2D eigenvalue weighted by Crippen LogP contribution is -2.51. The number of aryl methyl sites for hydroxylation is 1. The van der Waals surface area contributed by atoms with Gasteiger partial charge < -0.3 is 9.64 Å². The Morgan fingerprint density at radius 2 is 2.14 bits per heavy atom. The first-order chi connectivity index (χ1) is 9.70. The summed E-state index contributed by atoms with van der Waals surface area (Å²) in [4.78, 5) is 13.6. The molecule has 2 rings (SSSR count). The molecule has 0 aromatic heterocycles. The average Bonchev–Trinajstić information content (AvgIpc) is 2.33. The zero-order valence-electron chi connectivity index (χ0n) is 14.1. The number of carbonyl (C=O) groups excluding carboxylic acids is 1. The van der Waals surface area contributed by atoms with Gasteiger partial charge in [-0.15, -0.1) is 0 Å². The van der Waals surface area contributed by atoms with Crippen molar-refractivity contribution in [3.63, 3.8) is 0 Å². The molecule has 0 N–H and O–H groups in total. The maximum Gasteiger partial charge on any atom is 0.302 e. The highest BCUT2D eigenvalue weighted by Crippen LogP contribution is 2.43. The third kappa shape index (κ3) is 3.39. The van der Waals surface area contributed by atoms with Crippen LogP contribution < -0.4 is 4.90 Å². The lowest BCUT2D eigenvalue weighted by Gasteiger charge is -2.48. The van der Waals surface area contributed by atoms with Crippen molar-refractivity contribution in [2.75, 3.05) is 11.4 Å². The molecular weight excluding hydrogens is 262 g/mol. The fraction of sp³-hybridized carbons (Fsp3) is 0.611. The molecule has 1 aromatic rings. The molecule has 3 heteroatoms. The smallest absolute Gasteiger partial charge is 0.302 e. The molecule has 0 saturated heterocycles. The highest BCUT2D eigenvalue weighted by molar-refractivity contribution is 5.66. The van der Waals surface area contributed by atoms with Crippen molar-refractivity contribution in [1.29, 1.82) is 0 Å². The Morgan fingerprint density at radius 3 is 2.76 bits per heavy atom. The summed E-state index contributed by atoms with van der Waals surface area (Å²) in [6.07, 6.45) is 1.00. The number of fused-ring (bicyclic) bond motifs is 1. The lowest BCUT2D eigenvalue weighted by atomic mass is 9.79. The van der Waals surface area contributed by atoms with E-state index in [1.165, 1.54) is 23.7 Å². The fourth-order valence-corrected chi connectivity index (χ4v) is 3.53. The van der Waals surface area contributed by atoms with E-state index in [2.05, 4.69) is 50.8 Å². The summed E-state index contributed by atoms with van der Waals surface area (Å²) in [6.45, 7) is 13.1. The van der Waals surface area contributed by atoms with Gasteiger partial charge in [0.15, 0.2) is 0 Å². The molecular formula is C18H27NO2. The number of nitrogens with zero attached hydrogens (tertiary/aromatic N) is 1. The number of anilines is 1. The maximum absolute atomic E-state index is 11.2. The molecule has 0 bridgehead atoms. The molecule has 116 valence electrons. The molecule has 2 unspecified atom stereocenters. The van der Waals surface area contributed by atoms with E-state index in [1.54, 1.807) is 0 Å². The van der Waals surface area contributed by atoms with Crippen LogP contribution in [0.1, 0.15) is 58.1 Å². The minimum absolute atomic E-state index is 0.0656. The molecule has 0 spiro atoms. The Morgan fingerprint density at radius 1 is 1.48 bits per heavy atom. The van der Waals surface area contributed by atoms with Gasteiger partial charge in [-0.2, -0.15) is 0 Å². The van der Waals surface area contributed by atoms with Gasteiger partial charge in [0.05, 0.1) is 6.54 Å². The number of esters is 1. The van der Waals surface area contributed by atoms with E-state index < -0.39 is 0 Å². The van der Waals surface area contributed by atoms with Crippen LogP contribution in [-0.2, 0) is 9.53 Å². The quantitative estimate of drug-likeness (QED) is 0.787. The zero-order chi connectivity index (χ0) is 15.8. The maximum atomic E-state index is 11.2. The molecule has 1 aliphatic heterocycles. The molecule has 1 aliphatic rings. The topological polar surface area (TPSA) is 29.5 Å². The Hall–Kier alpha value is -1.51. The largest absolute Gasteiger partial charge is 0.461 e. The number of hydrogen-bond acceptors (Lipinski definition) is 3. The number of ether oxygens (including phenoxy) is 1. The molecule has 21 heavy (non-hydrogen) atoms. The summed E-state index contributed by atoms with van der Waals surface area (Å²) in [5, 5.41) is 0. The second kappa shape index (κ2) is 5.70. The monoisotopic (exact) mass is 289 g/mol. The van der Waals surface area contributed by atoms with Crippen LogP contribution in [0.15, 0.2) is 18.2 Å². The van der Waals surface area contributed by atoms with Crippen molar-refractivity contribution in [2.45, 2.75) is 65.5 Å². The van der Waals surface area contributed by atoms with Crippen LogP contribution in [-0.4, -0.2) is 24.2 Å². The molecule has 0 fully saturated rings. The van der Waals surface area contributed by atoms with Crippen LogP contribution in [0.4, 0.5) is 5.69 Å². The Labute approximate surface area is 128 Å². The van der Waals surface area contributed by atoms with Crippen molar-refractivity contribution in [3.8, 4) is 0 Å². The third-order valence-electron chi connectivity index (χ3n) is 4.35. The van der Waals surface area contributed by atoms with Crippen LogP contribution in [0, 0.1) is 6.92 Å². The van der Waals surface area contributed by atoms with E-state index >= 15 is 0 Å². The number of rotatable bonds is 3. The highest BCUT2D eigenvalue weighted by Gasteiger charge is 2.37. The summed E-state index contributed by atoms with van der Waals surface area (Å²) in [7, 11) is 0. The lowest BCUT2D eigenvalue weighted by molar-refractivity contribution is -0.145. The zero-order valence-corrected chi connectivity index (χ0v) is 14.1. The average molecular weight is 289 g/mol. The van der Waals surface area contributed by atoms with Gasteiger partial charge in [0.2, 0.25) is 0 Å². The first-order valence-corrected chi connectivity index (χ1v) is 7.76. The molecule has 0 amide bonds. The van der Waals surface area contributed by atoms with Gasteiger partial charge in [-0.05, 0) is 51.7 Å².